The van der Waals surface area contributed by atoms with E-state index < -0.39 is 0 Å². The van der Waals surface area contributed by atoms with Gasteiger partial charge in [-0.15, -0.1) is 24.0 Å². The number of aliphatic imine (C=N–C) groups is 1. The van der Waals surface area contributed by atoms with E-state index in [-0.39, 0.29) is 35.3 Å². The highest BCUT2D eigenvalue weighted by atomic mass is 127. The zero-order chi connectivity index (χ0) is 15.9. The van der Waals surface area contributed by atoms with Crippen LogP contribution in [0, 0.1) is 0 Å². The van der Waals surface area contributed by atoms with Crippen LogP contribution in [0.4, 0.5) is 0 Å². The number of hydrogen-bond donors (Lipinski definition) is 3. The molecule has 0 aliphatic carbocycles. The molecule has 1 aromatic carbocycles. The van der Waals surface area contributed by atoms with Crippen LogP contribution in [0.25, 0.3) is 0 Å². The molecule has 1 rings (SSSR count). The third-order valence-electron chi connectivity index (χ3n) is 3.19. The number of benzene rings is 1. The summed E-state index contributed by atoms with van der Waals surface area (Å²) < 4.78 is 10.5. The van der Waals surface area contributed by atoms with Crippen LogP contribution in [-0.2, 0) is 11.3 Å². The Balaban J connectivity index is 0.00000441. The van der Waals surface area contributed by atoms with E-state index in [9.17, 15) is 5.11 Å². The second-order valence-corrected chi connectivity index (χ2v) is 5.24. The highest BCUT2D eigenvalue weighted by Crippen LogP contribution is 2.22. The Morgan fingerprint density at radius 3 is 2.50 bits per heavy atom. The third-order valence-corrected chi connectivity index (χ3v) is 3.19. The van der Waals surface area contributed by atoms with Crippen LogP contribution in [0.15, 0.2) is 23.2 Å². The molecule has 0 saturated carbocycles. The molecule has 0 unspecified atom stereocenters. The second kappa shape index (κ2) is 9.73. The van der Waals surface area contributed by atoms with E-state index in [1.165, 1.54) is 0 Å². The first-order chi connectivity index (χ1) is 9.91. The van der Waals surface area contributed by atoms with Crippen molar-refractivity contribution in [1.82, 2.24) is 10.6 Å². The largest absolute Gasteiger partial charge is 0.508 e. The first kappa shape index (κ1) is 20.8. The summed E-state index contributed by atoms with van der Waals surface area (Å²) in [6, 6.07) is 5.11. The van der Waals surface area contributed by atoms with Crippen LogP contribution in [0.1, 0.15) is 19.4 Å². The van der Waals surface area contributed by atoms with Crippen molar-refractivity contribution in [2.75, 3.05) is 27.8 Å². The lowest BCUT2D eigenvalue weighted by Gasteiger charge is -2.24. The summed E-state index contributed by atoms with van der Waals surface area (Å²) in [6.07, 6.45) is 0. The van der Waals surface area contributed by atoms with Gasteiger partial charge < -0.3 is 25.2 Å². The molecule has 126 valence electrons. The van der Waals surface area contributed by atoms with Crippen molar-refractivity contribution in [3.63, 3.8) is 0 Å². The molecule has 0 aliphatic rings. The fraction of sp³-hybridized carbons (Fsp3) is 0.533. The van der Waals surface area contributed by atoms with Crippen molar-refractivity contribution in [3.8, 4) is 11.5 Å². The summed E-state index contributed by atoms with van der Waals surface area (Å²) in [6.45, 7) is 5.03. The minimum Gasteiger partial charge on any atom is -0.508 e. The molecular weight excluding hydrogens is 397 g/mol. The molecule has 6 nitrogen and oxygen atoms in total. The highest BCUT2D eigenvalue weighted by molar-refractivity contribution is 14.0. The monoisotopic (exact) mass is 423 g/mol. The van der Waals surface area contributed by atoms with Gasteiger partial charge in [0.1, 0.15) is 11.5 Å². The Kier molecular flexibility index (Phi) is 9.19. The zero-order valence-electron chi connectivity index (χ0n) is 13.8. The number of halogens is 1. The van der Waals surface area contributed by atoms with Gasteiger partial charge in [-0.05, 0) is 32.0 Å². The Bertz CT molecular complexity index is 493. The number of nitrogens with zero attached hydrogens (tertiary/aromatic N) is 1. The second-order valence-electron chi connectivity index (χ2n) is 5.24. The van der Waals surface area contributed by atoms with Gasteiger partial charge in [0.2, 0.25) is 0 Å². The summed E-state index contributed by atoms with van der Waals surface area (Å²) in [5.74, 6) is 1.56. The van der Waals surface area contributed by atoms with Gasteiger partial charge in [-0.1, -0.05) is 0 Å². The first-order valence-corrected chi connectivity index (χ1v) is 6.77. The number of phenolic OH excluding ortho intramolecular Hbond substituents is 1. The van der Waals surface area contributed by atoms with Crippen molar-refractivity contribution in [2.45, 2.75) is 26.0 Å². The summed E-state index contributed by atoms with van der Waals surface area (Å²) in [4.78, 5) is 4.14. The third kappa shape index (κ3) is 6.69. The lowest BCUT2D eigenvalue weighted by Crippen LogP contribution is -2.45. The smallest absolute Gasteiger partial charge is 0.191 e. The SMILES string of the molecule is CN=C(NCc1cc(OC)ccc1O)NCC(C)(C)OC.I. The van der Waals surface area contributed by atoms with Crippen molar-refractivity contribution in [1.29, 1.82) is 0 Å². The molecule has 0 fully saturated rings. The molecule has 0 radical (unpaired) electrons. The number of rotatable bonds is 6. The van der Waals surface area contributed by atoms with Crippen molar-refractivity contribution in [3.05, 3.63) is 23.8 Å². The van der Waals surface area contributed by atoms with Gasteiger partial charge in [-0.2, -0.15) is 0 Å². The summed E-state index contributed by atoms with van der Waals surface area (Å²) in [5.41, 5.74) is 0.457. The van der Waals surface area contributed by atoms with Gasteiger partial charge in [0.25, 0.3) is 0 Å². The standard InChI is InChI=1S/C15H25N3O3.HI/c1-15(2,21-5)10-18-14(16-3)17-9-11-8-12(20-4)6-7-13(11)19;/h6-8,19H,9-10H2,1-5H3,(H2,16,17,18);1H. The van der Waals surface area contributed by atoms with Crippen molar-refractivity contribution < 1.29 is 14.6 Å². The molecule has 7 heteroatoms. The topological polar surface area (TPSA) is 75.1 Å². The van der Waals surface area contributed by atoms with E-state index >= 15 is 0 Å². The molecule has 0 heterocycles. The molecule has 0 saturated heterocycles. The predicted molar refractivity (Wildman–Crippen MR) is 99.4 cm³/mol. The Morgan fingerprint density at radius 1 is 1.27 bits per heavy atom. The summed E-state index contributed by atoms with van der Waals surface area (Å²) in [7, 11) is 4.96. The highest BCUT2D eigenvalue weighted by Gasteiger charge is 2.16. The molecule has 0 aromatic heterocycles. The van der Waals surface area contributed by atoms with E-state index in [4.69, 9.17) is 9.47 Å². The maximum atomic E-state index is 9.84. The summed E-state index contributed by atoms with van der Waals surface area (Å²) in [5, 5.41) is 16.2. The number of aromatic hydroxyl groups is 1. The molecule has 0 spiro atoms. The molecular formula is C15H26IN3O3. The lowest BCUT2D eigenvalue weighted by molar-refractivity contribution is 0.0268. The lowest BCUT2D eigenvalue weighted by atomic mass is 10.1. The maximum Gasteiger partial charge on any atom is 0.191 e. The molecule has 0 bridgehead atoms. The van der Waals surface area contributed by atoms with Crippen molar-refractivity contribution >= 4 is 29.9 Å². The Hall–Kier alpha value is -1.22. The summed E-state index contributed by atoms with van der Waals surface area (Å²) >= 11 is 0. The van der Waals surface area contributed by atoms with Gasteiger partial charge in [-0.3, -0.25) is 4.99 Å². The van der Waals surface area contributed by atoms with Crippen LogP contribution in [0.3, 0.4) is 0 Å². The number of guanidine groups is 1. The first-order valence-electron chi connectivity index (χ1n) is 6.77. The van der Waals surface area contributed by atoms with Gasteiger partial charge in [0.05, 0.1) is 12.7 Å². The van der Waals surface area contributed by atoms with Gasteiger partial charge in [0, 0.05) is 32.8 Å². The van der Waals surface area contributed by atoms with Crippen LogP contribution >= 0.6 is 24.0 Å². The normalized spacial score (nSPS) is 11.6. The zero-order valence-corrected chi connectivity index (χ0v) is 16.1. The quantitative estimate of drug-likeness (QED) is 0.371. The van der Waals surface area contributed by atoms with E-state index in [0.717, 1.165) is 5.56 Å². The van der Waals surface area contributed by atoms with E-state index in [2.05, 4.69) is 15.6 Å². The number of nitrogens with one attached hydrogen (secondary N) is 2. The number of ether oxygens (including phenoxy) is 2. The van der Waals surface area contributed by atoms with Crippen LogP contribution in [0.2, 0.25) is 0 Å². The van der Waals surface area contributed by atoms with E-state index in [1.807, 2.05) is 13.8 Å². The maximum absolute atomic E-state index is 9.84. The number of hydrogen-bond acceptors (Lipinski definition) is 4. The minimum absolute atomic E-state index is 0. The van der Waals surface area contributed by atoms with Gasteiger partial charge in [-0.25, -0.2) is 0 Å². The average Bonchev–Trinajstić information content (AvgIpc) is 2.49. The molecule has 0 atom stereocenters. The van der Waals surface area contributed by atoms with E-state index in [0.29, 0.717) is 24.8 Å². The minimum atomic E-state index is -0.282. The molecule has 1 aromatic rings. The van der Waals surface area contributed by atoms with Gasteiger partial charge in [0.15, 0.2) is 5.96 Å². The van der Waals surface area contributed by atoms with Crippen LogP contribution in [0.5, 0.6) is 11.5 Å². The van der Waals surface area contributed by atoms with Gasteiger partial charge >= 0.3 is 0 Å². The molecule has 22 heavy (non-hydrogen) atoms. The predicted octanol–water partition coefficient (Wildman–Crippen LogP) is 2.11. The van der Waals surface area contributed by atoms with E-state index in [1.54, 1.807) is 39.5 Å². The van der Waals surface area contributed by atoms with Crippen molar-refractivity contribution in [2.24, 2.45) is 4.99 Å². The Morgan fingerprint density at radius 2 is 1.95 bits per heavy atom. The Labute approximate surface area is 149 Å². The number of phenols is 1. The van der Waals surface area contributed by atoms with Crippen LogP contribution < -0.4 is 15.4 Å². The average molecular weight is 423 g/mol. The fourth-order valence-corrected chi connectivity index (χ4v) is 1.60. The fourth-order valence-electron chi connectivity index (χ4n) is 1.60. The molecule has 0 aliphatic heterocycles. The number of methoxy groups -OCH3 is 2. The molecule has 0 amide bonds. The van der Waals surface area contributed by atoms with Crippen LogP contribution in [-0.4, -0.2) is 44.5 Å². The molecule has 3 N–H and O–H groups in total.